The topological polar surface area (TPSA) is 6.48 Å². The maximum absolute atomic E-state index is 6.30. The van der Waals surface area contributed by atoms with Crippen LogP contribution in [0.5, 0.6) is 0 Å². The second kappa shape index (κ2) is 7.26. The first-order chi connectivity index (χ1) is 9.91. The lowest BCUT2D eigenvalue weighted by atomic mass is 9.81. The number of piperazine rings is 1. The zero-order valence-electron chi connectivity index (χ0n) is 13.3. The van der Waals surface area contributed by atoms with E-state index in [1.807, 2.05) is 12.1 Å². The third kappa shape index (κ3) is 4.54. The quantitative estimate of drug-likeness (QED) is 0.834. The van der Waals surface area contributed by atoms with E-state index in [2.05, 4.69) is 55.3 Å². The fourth-order valence-corrected chi connectivity index (χ4v) is 3.72. The van der Waals surface area contributed by atoms with Gasteiger partial charge in [0, 0.05) is 32.7 Å². The van der Waals surface area contributed by atoms with Crippen molar-refractivity contribution in [1.82, 2.24) is 4.90 Å². The number of para-hydroxylation sites is 1. The van der Waals surface area contributed by atoms with Crippen molar-refractivity contribution in [3.63, 3.8) is 0 Å². The monoisotopic (exact) mass is 326 g/mol. The molecule has 1 fully saturated rings. The summed E-state index contributed by atoms with van der Waals surface area (Å²) in [4.78, 5) is 4.96. The molecule has 0 radical (unpaired) electrons. The molecule has 1 atom stereocenters. The minimum Gasteiger partial charge on any atom is -0.368 e. The number of hydrogen-bond donors (Lipinski definition) is 1. The average molecular weight is 327 g/mol. The number of anilines is 1. The molecule has 4 heteroatoms. The maximum Gasteiger partial charge on any atom is 0.0639 e. The van der Waals surface area contributed by atoms with Crippen LogP contribution in [0.1, 0.15) is 20.8 Å². The zero-order chi connectivity index (χ0) is 15.5. The van der Waals surface area contributed by atoms with E-state index in [1.165, 1.54) is 5.69 Å². The van der Waals surface area contributed by atoms with Gasteiger partial charge < -0.3 is 4.90 Å². The van der Waals surface area contributed by atoms with E-state index in [9.17, 15) is 0 Å². The van der Waals surface area contributed by atoms with Crippen LogP contribution >= 0.6 is 24.2 Å². The molecule has 1 aliphatic rings. The summed E-state index contributed by atoms with van der Waals surface area (Å²) >= 11 is 10.8. The lowest BCUT2D eigenvalue weighted by molar-refractivity contribution is 0.159. The number of benzene rings is 1. The molecule has 2 nitrogen and oxygen atoms in total. The van der Waals surface area contributed by atoms with E-state index in [0.29, 0.717) is 11.3 Å². The summed E-state index contributed by atoms with van der Waals surface area (Å²) in [5.41, 5.74) is 1.49. The molecular weight excluding hydrogens is 300 g/mol. The Bertz CT molecular complexity index is 450. The van der Waals surface area contributed by atoms with Crippen LogP contribution in [0.2, 0.25) is 5.02 Å². The van der Waals surface area contributed by atoms with Gasteiger partial charge in [-0.1, -0.05) is 44.5 Å². The summed E-state index contributed by atoms with van der Waals surface area (Å²) in [6.07, 6.45) is 0. The van der Waals surface area contributed by atoms with Crippen LogP contribution in [0.15, 0.2) is 24.3 Å². The molecule has 1 aromatic carbocycles. The maximum atomic E-state index is 6.30. The molecule has 118 valence electrons. The largest absolute Gasteiger partial charge is 0.368 e. The summed E-state index contributed by atoms with van der Waals surface area (Å²) in [6, 6.07) is 8.14. The van der Waals surface area contributed by atoms with E-state index in [4.69, 9.17) is 11.6 Å². The first kappa shape index (κ1) is 17.0. The second-order valence-electron chi connectivity index (χ2n) is 6.98. The molecule has 0 aliphatic carbocycles. The smallest absolute Gasteiger partial charge is 0.0639 e. The summed E-state index contributed by atoms with van der Waals surface area (Å²) in [5.74, 6) is 1.58. The molecule has 0 aromatic heterocycles. The summed E-state index contributed by atoms with van der Waals surface area (Å²) in [7, 11) is 0. The van der Waals surface area contributed by atoms with Crippen molar-refractivity contribution in [3.8, 4) is 0 Å². The van der Waals surface area contributed by atoms with Crippen molar-refractivity contribution < 1.29 is 0 Å². The van der Waals surface area contributed by atoms with Crippen LogP contribution in [0.25, 0.3) is 0 Å². The van der Waals surface area contributed by atoms with E-state index >= 15 is 0 Å². The van der Waals surface area contributed by atoms with E-state index < -0.39 is 0 Å². The number of rotatable bonds is 4. The number of halogens is 1. The van der Waals surface area contributed by atoms with Gasteiger partial charge in [-0.05, 0) is 29.2 Å². The van der Waals surface area contributed by atoms with Gasteiger partial charge in [-0.3, -0.25) is 4.90 Å². The number of hydrogen-bond acceptors (Lipinski definition) is 3. The molecule has 1 aromatic rings. The summed E-state index contributed by atoms with van der Waals surface area (Å²) in [6.45, 7) is 12.4. The van der Waals surface area contributed by atoms with Crippen LogP contribution in [0.3, 0.4) is 0 Å². The van der Waals surface area contributed by atoms with E-state index in [-0.39, 0.29) is 0 Å². The third-order valence-corrected chi connectivity index (χ3v) is 5.25. The van der Waals surface area contributed by atoms with Gasteiger partial charge in [-0.2, -0.15) is 12.6 Å². The average Bonchev–Trinajstić information content (AvgIpc) is 2.45. The SMILES string of the molecule is CC(C)(C)C(CS)CN1CCN(c2ccccc2Cl)CC1. The lowest BCUT2D eigenvalue weighted by Gasteiger charge is -2.40. The third-order valence-electron chi connectivity index (χ3n) is 4.49. The zero-order valence-corrected chi connectivity index (χ0v) is 15.0. The Hall–Kier alpha value is -0.380. The van der Waals surface area contributed by atoms with Gasteiger partial charge in [0.05, 0.1) is 10.7 Å². The van der Waals surface area contributed by atoms with Crippen LogP contribution in [-0.2, 0) is 0 Å². The molecule has 1 saturated heterocycles. The van der Waals surface area contributed by atoms with Gasteiger partial charge in [0.1, 0.15) is 0 Å². The standard InChI is InChI=1S/C17H27ClN2S/c1-17(2,3)14(13-21)12-19-8-10-20(11-9-19)16-7-5-4-6-15(16)18/h4-7,14,21H,8-13H2,1-3H3. The Kier molecular flexibility index (Phi) is 5.87. The van der Waals surface area contributed by atoms with Gasteiger partial charge in [0.25, 0.3) is 0 Å². The highest BCUT2D eigenvalue weighted by atomic mass is 35.5. The summed E-state index contributed by atoms with van der Waals surface area (Å²) in [5, 5.41) is 0.855. The highest BCUT2D eigenvalue weighted by molar-refractivity contribution is 7.80. The Balaban J connectivity index is 1.90. The Morgan fingerprint density at radius 2 is 1.76 bits per heavy atom. The van der Waals surface area contributed by atoms with Crippen LogP contribution in [0.4, 0.5) is 5.69 Å². The van der Waals surface area contributed by atoms with E-state index in [0.717, 1.165) is 43.5 Å². The molecule has 1 unspecified atom stereocenters. The number of thiol groups is 1. The predicted molar refractivity (Wildman–Crippen MR) is 96.9 cm³/mol. The van der Waals surface area contributed by atoms with Crippen molar-refractivity contribution in [1.29, 1.82) is 0 Å². The molecule has 0 saturated carbocycles. The molecular formula is C17H27ClN2S. The van der Waals surface area contributed by atoms with Crippen LogP contribution in [0, 0.1) is 11.3 Å². The molecule has 21 heavy (non-hydrogen) atoms. The first-order valence-corrected chi connectivity index (χ1v) is 8.75. The van der Waals surface area contributed by atoms with Crippen molar-refractivity contribution in [2.24, 2.45) is 11.3 Å². The van der Waals surface area contributed by atoms with Gasteiger partial charge in [-0.25, -0.2) is 0 Å². The van der Waals surface area contributed by atoms with Crippen LogP contribution < -0.4 is 4.90 Å². The predicted octanol–water partition coefficient (Wildman–Crippen LogP) is 4.05. The Morgan fingerprint density at radius 3 is 2.29 bits per heavy atom. The molecule has 1 heterocycles. The van der Waals surface area contributed by atoms with Crippen molar-refractivity contribution in [2.45, 2.75) is 20.8 Å². The second-order valence-corrected chi connectivity index (χ2v) is 7.76. The highest BCUT2D eigenvalue weighted by Crippen LogP contribution is 2.29. The van der Waals surface area contributed by atoms with E-state index in [1.54, 1.807) is 0 Å². The van der Waals surface area contributed by atoms with Crippen LogP contribution in [-0.4, -0.2) is 43.4 Å². The number of nitrogens with zero attached hydrogens (tertiary/aromatic N) is 2. The Morgan fingerprint density at radius 1 is 1.14 bits per heavy atom. The minimum atomic E-state index is 0.321. The van der Waals surface area contributed by atoms with Crippen molar-refractivity contribution in [3.05, 3.63) is 29.3 Å². The molecule has 0 bridgehead atoms. The molecule has 1 aliphatic heterocycles. The minimum absolute atomic E-state index is 0.321. The fourth-order valence-electron chi connectivity index (χ4n) is 2.80. The van der Waals surface area contributed by atoms with Gasteiger partial charge in [-0.15, -0.1) is 0 Å². The highest BCUT2D eigenvalue weighted by Gasteiger charge is 2.27. The molecule has 0 spiro atoms. The lowest BCUT2D eigenvalue weighted by Crippen LogP contribution is -2.49. The normalized spacial score (nSPS) is 18.8. The van der Waals surface area contributed by atoms with Crippen molar-refractivity contribution in [2.75, 3.05) is 43.4 Å². The van der Waals surface area contributed by atoms with Gasteiger partial charge in [0.15, 0.2) is 0 Å². The first-order valence-electron chi connectivity index (χ1n) is 7.74. The molecule has 0 amide bonds. The van der Waals surface area contributed by atoms with Crippen molar-refractivity contribution >= 4 is 29.9 Å². The summed E-state index contributed by atoms with van der Waals surface area (Å²) < 4.78 is 0. The molecule has 2 rings (SSSR count). The fraction of sp³-hybridized carbons (Fsp3) is 0.647. The molecule has 0 N–H and O–H groups in total. The van der Waals surface area contributed by atoms with Gasteiger partial charge >= 0.3 is 0 Å². The van der Waals surface area contributed by atoms with Gasteiger partial charge in [0.2, 0.25) is 0 Å². The Labute approximate surface area is 139 Å².